The smallest absolute Gasteiger partial charge is 0.0291 e. The maximum Gasteiger partial charge on any atom is 0.0291 e. The molecule has 0 aliphatic heterocycles. The Kier molecular flexibility index (Phi) is 3.94. The first kappa shape index (κ1) is 12.9. The van der Waals surface area contributed by atoms with Crippen molar-refractivity contribution in [2.24, 2.45) is 17.8 Å². The zero-order valence-corrected chi connectivity index (χ0v) is 13.2. The van der Waals surface area contributed by atoms with Crippen LogP contribution in [0.25, 0.3) is 0 Å². The minimum absolute atomic E-state index is 0.488. The van der Waals surface area contributed by atoms with E-state index in [1.54, 1.807) is 0 Å². The number of halogens is 1. The van der Waals surface area contributed by atoms with Crippen molar-refractivity contribution in [1.29, 1.82) is 0 Å². The number of nitrogens with one attached hydrogen (secondary N) is 1. The molecule has 2 aliphatic carbocycles. The van der Waals surface area contributed by atoms with Gasteiger partial charge in [-0.15, -0.1) is 0 Å². The molecule has 2 fully saturated rings. The van der Waals surface area contributed by atoms with Crippen molar-refractivity contribution < 1.29 is 0 Å². The molecule has 1 nitrogen and oxygen atoms in total. The standard InChI is InChI=1S/C16H22IN/c1-11(12-6-8-15(17)9-7-12)18-10-16(13-2-3-13)14-4-5-14/h6-9,11,13-14,16,18H,2-5,10H2,1H3. The van der Waals surface area contributed by atoms with E-state index in [1.807, 2.05) is 0 Å². The van der Waals surface area contributed by atoms with Crippen LogP contribution in [0.15, 0.2) is 24.3 Å². The zero-order valence-electron chi connectivity index (χ0n) is 11.0. The van der Waals surface area contributed by atoms with Crippen LogP contribution in [0.2, 0.25) is 0 Å². The van der Waals surface area contributed by atoms with E-state index in [-0.39, 0.29) is 0 Å². The van der Waals surface area contributed by atoms with Gasteiger partial charge in [0, 0.05) is 9.61 Å². The lowest BCUT2D eigenvalue weighted by Crippen LogP contribution is -2.28. The fourth-order valence-corrected chi connectivity index (χ4v) is 3.31. The molecular weight excluding hydrogens is 333 g/mol. The molecule has 0 bridgehead atoms. The van der Waals surface area contributed by atoms with Gasteiger partial charge in [0.15, 0.2) is 0 Å². The summed E-state index contributed by atoms with van der Waals surface area (Å²) in [5.74, 6) is 3.07. The van der Waals surface area contributed by atoms with Gasteiger partial charge in [0.1, 0.15) is 0 Å². The lowest BCUT2D eigenvalue weighted by molar-refractivity contribution is 0.362. The second-order valence-corrected chi connectivity index (χ2v) is 7.27. The van der Waals surface area contributed by atoms with Gasteiger partial charge in [-0.3, -0.25) is 0 Å². The van der Waals surface area contributed by atoms with E-state index in [9.17, 15) is 0 Å². The third-order valence-electron chi connectivity index (χ3n) is 4.48. The Morgan fingerprint density at radius 1 is 1.11 bits per heavy atom. The topological polar surface area (TPSA) is 12.0 Å². The maximum absolute atomic E-state index is 3.76. The molecule has 1 aromatic rings. The molecular formula is C16H22IN. The van der Waals surface area contributed by atoms with Crippen LogP contribution in [0.3, 0.4) is 0 Å². The van der Waals surface area contributed by atoms with E-state index in [0.717, 1.165) is 17.8 Å². The Hall–Kier alpha value is -0.0900. The summed E-state index contributed by atoms with van der Waals surface area (Å²) in [5.41, 5.74) is 1.42. The molecule has 0 saturated heterocycles. The predicted octanol–water partition coefficient (Wildman–Crippen LogP) is 4.38. The number of hydrogen-bond acceptors (Lipinski definition) is 1. The van der Waals surface area contributed by atoms with Gasteiger partial charge in [-0.05, 0) is 97.2 Å². The first-order valence-electron chi connectivity index (χ1n) is 7.23. The average molecular weight is 355 g/mol. The fraction of sp³-hybridized carbons (Fsp3) is 0.625. The van der Waals surface area contributed by atoms with E-state index in [2.05, 4.69) is 59.1 Å². The SMILES string of the molecule is CC(NCC(C1CC1)C1CC1)c1ccc(I)cc1. The largest absolute Gasteiger partial charge is 0.310 e. The summed E-state index contributed by atoms with van der Waals surface area (Å²) < 4.78 is 1.32. The lowest BCUT2D eigenvalue weighted by atomic mass is 9.97. The third-order valence-corrected chi connectivity index (χ3v) is 5.20. The number of benzene rings is 1. The van der Waals surface area contributed by atoms with Gasteiger partial charge < -0.3 is 5.32 Å². The van der Waals surface area contributed by atoms with Crippen LogP contribution in [0.1, 0.15) is 44.2 Å². The minimum atomic E-state index is 0.488. The molecule has 2 heteroatoms. The van der Waals surface area contributed by atoms with E-state index in [4.69, 9.17) is 0 Å². The normalized spacial score (nSPS) is 21.3. The van der Waals surface area contributed by atoms with Gasteiger partial charge in [0.05, 0.1) is 0 Å². The highest BCUT2D eigenvalue weighted by molar-refractivity contribution is 14.1. The first-order chi connectivity index (χ1) is 8.74. The van der Waals surface area contributed by atoms with Crippen LogP contribution < -0.4 is 5.32 Å². The molecule has 2 saturated carbocycles. The quantitative estimate of drug-likeness (QED) is 0.747. The summed E-state index contributed by atoms with van der Waals surface area (Å²) in [4.78, 5) is 0. The molecule has 0 amide bonds. The second kappa shape index (κ2) is 5.49. The molecule has 98 valence electrons. The van der Waals surface area contributed by atoms with Gasteiger partial charge in [-0.1, -0.05) is 12.1 Å². The Balaban J connectivity index is 1.53. The van der Waals surface area contributed by atoms with E-state index >= 15 is 0 Å². The molecule has 2 aliphatic rings. The summed E-state index contributed by atoms with van der Waals surface area (Å²) in [6, 6.07) is 9.40. The van der Waals surface area contributed by atoms with Crippen LogP contribution in [0.4, 0.5) is 0 Å². The van der Waals surface area contributed by atoms with Crippen LogP contribution >= 0.6 is 22.6 Å². The zero-order chi connectivity index (χ0) is 12.5. The summed E-state index contributed by atoms with van der Waals surface area (Å²) in [6.45, 7) is 3.52. The highest BCUT2D eigenvalue weighted by Gasteiger charge is 2.40. The first-order valence-corrected chi connectivity index (χ1v) is 8.31. The molecule has 1 atom stereocenters. The Morgan fingerprint density at radius 2 is 1.67 bits per heavy atom. The van der Waals surface area contributed by atoms with Crippen molar-refractivity contribution in [1.82, 2.24) is 5.32 Å². The van der Waals surface area contributed by atoms with E-state index in [0.29, 0.717) is 6.04 Å². The van der Waals surface area contributed by atoms with Crippen molar-refractivity contribution in [3.8, 4) is 0 Å². The predicted molar refractivity (Wildman–Crippen MR) is 84.5 cm³/mol. The number of hydrogen-bond donors (Lipinski definition) is 1. The summed E-state index contributed by atoms with van der Waals surface area (Å²) >= 11 is 2.37. The molecule has 0 radical (unpaired) electrons. The second-order valence-electron chi connectivity index (χ2n) is 6.02. The van der Waals surface area contributed by atoms with Gasteiger partial charge in [0.25, 0.3) is 0 Å². The average Bonchev–Trinajstić information content (AvgIpc) is 3.24. The van der Waals surface area contributed by atoms with Crippen molar-refractivity contribution in [2.75, 3.05) is 6.54 Å². The monoisotopic (exact) mass is 355 g/mol. The molecule has 1 N–H and O–H groups in total. The molecule has 1 aromatic carbocycles. The Bertz CT molecular complexity index is 380. The molecule has 0 spiro atoms. The number of rotatable bonds is 6. The third kappa shape index (κ3) is 3.27. The van der Waals surface area contributed by atoms with Crippen LogP contribution in [0.5, 0.6) is 0 Å². The van der Waals surface area contributed by atoms with Crippen LogP contribution in [-0.2, 0) is 0 Å². The van der Waals surface area contributed by atoms with Crippen LogP contribution in [0, 0.1) is 21.3 Å². The van der Waals surface area contributed by atoms with Crippen molar-refractivity contribution in [3.63, 3.8) is 0 Å². The van der Waals surface area contributed by atoms with Crippen LogP contribution in [-0.4, -0.2) is 6.54 Å². The Morgan fingerprint density at radius 3 is 2.17 bits per heavy atom. The molecule has 18 heavy (non-hydrogen) atoms. The van der Waals surface area contributed by atoms with Crippen molar-refractivity contribution >= 4 is 22.6 Å². The molecule has 0 heterocycles. The van der Waals surface area contributed by atoms with Gasteiger partial charge in [-0.25, -0.2) is 0 Å². The van der Waals surface area contributed by atoms with Gasteiger partial charge in [-0.2, -0.15) is 0 Å². The molecule has 3 rings (SSSR count). The van der Waals surface area contributed by atoms with Crippen molar-refractivity contribution in [2.45, 2.75) is 38.6 Å². The minimum Gasteiger partial charge on any atom is -0.310 e. The highest BCUT2D eigenvalue weighted by Crippen LogP contribution is 2.48. The summed E-state index contributed by atoms with van der Waals surface area (Å²) in [6.07, 6.45) is 5.95. The van der Waals surface area contributed by atoms with E-state index in [1.165, 1.54) is 41.4 Å². The Labute approximate surface area is 124 Å². The van der Waals surface area contributed by atoms with Gasteiger partial charge >= 0.3 is 0 Å². The molecule has 0 aromatic heterocycles. The lowest BCUT2D eigenvalue weighted by Gasteiger charge is -2.20. The summed E-state index contributed by atoms with van der Waals surface area (Å²) in [5, 5.41) is 3.76. The highest BCUT2D eigenvalue weighted by atomic mass is 127. The summed E-state index contributed by atoms with van der Waals surface area (Å²) in [7, 11) is 0. The maximum atomic E-state index is 3.76. The van der Waals surface area contributed by atoms with Gasteiger partial charge in [0.2, 0.25) is 0 Å². The fourth-order valence-electron chi connectivity index (χ4n) is 2.95. The van der Waals surface area contributed by atoms with E-state index < -0.39 is 0 Å². The van der Waals surface area contributed by atoms with Crippen molar-refractivity contribution in [3.05, 3.63) is 33.4 Å². The molecule has 1 unspecified atom stereocenters.